The summed E-state index contributed by atoms with van der Waals surface area (Å²) in [6, 6.07) is 0. The zero-order chi connectivity index (χ0) is 8.89. The molecule has 0 fully saturated rings. The third kappa shape index (κ3) is 1.39. The molecule has 0 radical (unpaired) electrons. The summed E-state index contributed by atoms with van der Waals surface area (Å²) in [6.45, 7) is 0. The van der Waals surface area contributed by atoms with Gasteiger partial charge in [0.25, 0.3) is 0 Å². The Bertz CT molecular complexity index is 540. The van der Waals surface area contributed by atoms with Crippen molar-refractivity contribution in [3.05, 3.63) is 0 Å². The van der Waals surface area contributed by atoms with E-state index in [0.717, 1.165) is 0 Å². The van der Waals surface area contributed by atoms with Crippen LogP contribution in [0.4, 0.5) is 0 Å². The van der Waals surface area contributed by atoms with Gasteiger partial charge in [-0.05, 0) is 0 Å². The van der Waals surface area contributed by atoms with Gasteiger partial charge in [-0.1, -0.05) is 0 Å². The van der Waals surface area contributed by atoms with Crippen molar-refractivity contribution in [3.8, 4) is 0 Å². The van der Waals surface area contributed by atoms with Gasteiger partial charge in [0, 0.05) is 0 Å². The second kappa shape index (κ2) is 1.32. The van der Waals surface area contributed by atoms with Gasteiger partial charge in [-0.15, -0.1) is 0 Å². The SMILES string of the molecule is [O]=[Os](=[O])(=[O])(=[O])[Os](=[O])(=[O])(=[O])=[O]. The van der Waals surface area contributed by atoms with Gasteiger partial charge in [0.15, 0.2) is 0 Å². The third-order valence-electron chi connectivity index (χ3n) is 0.333. The van der Waals surface area contributed by atoms with Crippen LogP contribution in [0, 0.1) is 0 Å². The Labute approximate surface area is 50.6 Å². The van der Waals surface area contributed by atoms with E-state index in [1.54, 1.807) is 0 Å². The Balaban J connectivity index is 7.66. The zero-order valence-corrected chi connectivity index (χ0v) is 9.05. The van der Waals surface area contributed by atoms with E-state index in [1.807, 2.05) is 0 Å². The van der Waals surface area contributed by atoms with Gasteiger partial charge in [-0.2, -0.15) is 0 Å². The third-order valence-corrected chi connectivity index (χ3v) is 22.3. The molecule has 8 nitrogen and oxygen atoms in total. The van der Waals surface area contributed by atoms with E-state index in [-0.39, 0.29) is 0 Å². The van der Waals surface area contributed by atoms with E-state index in [4.69, 9.17) is 0 Å². The maximum absolute atomic E-state index is 9.39. The predicted octanol–water partition coefficient (Wildman–Crippen LogP) is -0.955. The molecule has 0 aromatic rings. The minimum atomic E-state index is -9.19. The molecule has 0 aliphatic carbocycles. The molecule has 0 unspecified atom stereocenters. The number of hydrogen-bond donors (Lipinski definition) is 0. The molecule has 0 saturated carbocycles. The van der Waals surface area contributed by atoms with Gasteiger partial charge in [0.05, 0.1) is 0 Å². The van der Waals surface area contributed by atoms with Crippen LogP contribution >= 0.6 is 0 Å². The van der Waals surface area contributed by atoms with Crippen LogP contribution in [0.3, 0.4) is 0 Å². The van der Waals surface area contributed by atoms with Crippen molar-refractivity contribution in [2.24, 2.45) is 0 Å². The fourth-order valence-corrected chi connectivity index (χ4v) is 0. The molecular weight excluding hydrogens is 508 g/mol. The maximum atomic E-state index is 9.39. The Morgan fingerprint density at radius 3 is 0.500 bits per heavy atom. The first-order chi connectivity index (χ1) is 3.78. The molecule has 0 atom stereocenters. The van der Waals surface area contributed by atoms with Crippen molar-refractivity contribution in [2.45, 2.75) is 0 Å². The van der Waals surface area contributed by atoms with Crippen molar-refractivity contribution >= 4 is 0 Å². The second-order valence-electron chi connectivity index (χ2n) is 1.12. The van der Waals surface area contributed by atoms with Crippen LogP contribution in [-0.2, 0) is 50.4 Å². The Kier molecular flexibility index (Phi) is 1.28. The molecule has 10 heavy (non-hydrogen) atoms. The van der Waals surface area contributed by atoms with E-state index in [0.29, 0.717) is 0 Å². The molecule has 0 spiro atoms. The van der Waals surface area contributed by atoms with Crippen molar-refractivity contribution in [1.29, 1.82) is 0 Å². The van der Waals surface area contributed by atoms with E-state index >= 15 is 0 Å². The Hall–Kier alpha value is -0.327. The standard InChI is InChI=1S/8O.2Os. The first-order valence-electron chi connectivity index (χ1n) is 1.28. The summed E-state index contributed by atoms with van der Waals surface area (Å²) in [5.74, 6) is 0. The van der Waals surface area contributed by atoms with Crippen LogP contribution < -0.4 is 0 Å². The van der Waals surface area contributed by atoms with Crippen LogP contribution in [0.5, 0.6) is 0 Å². The molecule has 10 heteroatoms. The number of rotatable bonds is 1. The topological polar surface area (TPSA) is 137 Å². The number of hydrogen-bond acceptors (Lipinski definition) is 8. The first-order valence-corrected chi connectivity index (χ1v) is 17.8. The molecule has 0 bridgehead atoms. The summed E-state index contributed by atoms with van der Waals surface area (Å²) in [6.07, 6.45) is 0. The summed E-state index contributed by atoms with van der Waals surface area (Å²) in [7, 11) is 0. The monoisotopic (exact) mass is 512 g/mol. The van der Waals surface area contributed by atoms with Crippen LogP contribution in [0.2, 0.25) is 0 Å². The minimum absolute atomic E-state index is 9.19. The average molecular weight is 508 g/mol. The fourth-order valence-electron chi connectivity index (χ4n) is 0. The van der Waals surface area contributed by atoms with E-state index in [9.17, 15) is 28.3 Å². The van der Waals surface area contributed by atoms with Crippen molar-refractivity contribution in [3.63, 3.8) is 0 Å². The molecule has 0 aliphatic heterocycles. The summed E-state index contributed by atoms with van der Waals surface area (Å²) in [5.41, 5.74) is 0. The Morgan fingerprint density at radius 1 is 0.400 bits per heavy atom. The van der Waals surface area contributed by atoms with Gasteiger partial charge in [0.2, 0.25) is 0 Å². The zero-order valence-electron chi connectivity index (χ0n) is 3.97. The molecule has 0 amide bonds. The van der Waals surface area contributed by atoms with Crippen molar-refractivity contribution < 1.29 is 50.4 Å². The molecular formula is O8Os2. The van der Waals surface area contributed by atoms with E-state index in [2.05, 4.69) is 0 Å². The summed E-state index contributed by atoms with van der Waals surface area (Å²) >= 11 is -18.4. The van der Waals surface area contributed by atoms with Gasteiger partial charge < -0.3 is 0 Å². The van der Waals surface area contributed by atoms with Gasteiger partial charge in [-0.25, -0.2) is 0 Å². The van der Waals surface area contributed by atoms with Gasteiger partial charge in [-0.3, -0.25) is 0 Å². The molecule has 0 heterocycles. The van der Waals surface area contributed by atoms with Crippen LogP contribution in [0.15, 0.2) is 0 Å². The first kappa shape index (κ1) is 9.67. The average Bonchev–Trinajstić information content (AvgIpc) is 1.14. The van der Waals surface area contributed by atoms with Crippen molar-refractivity contribution in [2.75, 3.05) is 0 Å². The summed E-state index contributed by atoms with van der Waals surface area (Å²) in [4.78, 5) is 0. The molecule has 0 aromatic carbocycles. The normalized spacial score (nSPS) is 21.6. The van der Waals surface area contributed by atoms with Gasteiger partial charge >= 0.3 is 50.4 Å². The Morgan fingerprint density at radius 2 is 0.500 bits per heavy atom. The predicted molar refractivity (Wildman–Crippen MR) is 5.49 cm³/mol. The summed E-state index contributed by atoms with van der Waals surface area (Å²) < 4.78 is 75.1. The fraction of sp³-hybridized carbons (Fsp3) is 0. The van der Waals surface area contributed by atoms with Crippen LogP contribution in [0.1, 0.15) is 0 Å². The van der Waals surface area contributed by atoms with Crippen LogP contribution in [-0.4, -0.2) is 0 Å². The van der Waals surface area contributed by atoms with Gasteiger partial charge in [0.1, 0.15) is 0 Å². The molecule has 0 rings (SSSR count). The quantitative estimate of drug-likeness (QED) is 0.442. The van der Waals surface area contributed by atoms with E-state index < -0.39 is 22.1 Å². The molecule has 64 valence electrons. The molecule has 0 aromatic heterocycles. The molecule has 0 aliphatic rings. The molecule has 0 N–H and O–H groups in total. The summed E-state index contributed by atoms with van der Waals surface area (Å²) in [5, 5.41) is 0. The second-order valence-corrected chi connectivity index (χ2v) is 33.1. The molecule has 0 saturated heterocycles. The van der Waals surface area contributed by atoms with E-state index in [1.165, 1.54) is 0 Å². The van der Waals surface area contributed by atoms with Crippen molar-refractivity contribution in [1.82, 2.24) is 0 Å². The van der Waals surface area contributed by atoms with Crippen LogP contribution in [0.25, 0.3) is 0 Å².